The summed E-state index contributed by atoms with van der Waals surface area (Å²) in [5.41, 5.74) is 3.29. The number of hydrogen-bond donors (Lipinski definition) is 2. The van der Waals surface area contributed by atoms with Crippen molar-refractivity contribution in [2.45, 2.75) is 29.6 Å². The Morgan fingerprint density at radius 2 is 2.10 bits per heavy atom. The maximum atomic E-state index is 12.5. The lowest BCUT2D eigenvalue weighted by molar-refractivity contribution is -0.125. The molecule has 0 aliphatic carbocycles. The van der Waals surface area contributed by atoms with Gasteiger partial charge in [-0.05, 0) is 30.3 Å². The molecule has 31 heavy (non-hydrogen) atoms. The number of rotatable bonds is 7. The summed E-state index contributed by atoms with van der Waals surface area (Å²) in [4.78, 5) is 28.4. The smallest absolute Gasteiger partial charge is 0.247 e. The molecule has 1 unspecified atom stereocenters. The fraction of sp³-hybridized carbons (Fsp3) is 0.190. The second-order valence-corrected chi connectivity index (χ2v) is 8.89. The number of nitrogens with one attached hydrogen (secondary N) is 2. The van der Waals surface area contributed by atoms with Crippen molar-refractivity contribution in [3.8, 4) is 12.3 Å². The Morgan fingerprint density at radius 3 is 2.90 bits per heavy atom. The molecule has 8 nitrogen and oxygen atoms in total. The van der Waals surface area contributed by atoms with Crippen molar-refractivity contribution in [3.05, 3.63) is 42.5 Å². The Morgan fingerprint density at radius 1 is 1.26 bits per heavy atom. The van der Waals surface area contributed by atoms with Crippen LogP contribution in [0.4, 0.5) is 5.69 Å². The zero-order valence-electron chi connectivity index (χ0n) is 16.5. The van der Waals surface area contributed by atoms with Crippen molar-refractivity contribution < 1.29 is 9.59 Å². The van der Waals surface area contributed by atoms with Gasteiger partial charge in [-0.2, -0.15) is 0 Å². The van der Waals surface area contributed by atoms with E-state index in [0.717, 1.165) is 25.6 Å². The molecule has 2 amide bonds. The van der Waals surface area contributed by atoms with Crippen molar-refractivity contribution in [1.82, 2.24) is 25.3 Å². The van der Waals surface area contributed by atoms with Crippen LogP contribution in [0.5, 0.6) is 0 Å². The lowest BCUT2D eigenvalue weighted by Gasteiger charge is -2.15. The Balaban J connectivity index is 1.46. The summed E-state index contributed by atoms with van der Waals surface area (Å²) in [7, 11) is 0. The molecule has 0 radical (unpaired) electrons. The minimum Gasteiger partial charge on any atom is -0.344 e. The molecule has 10 heteroatoms. The van der Waals surface area contributed by atoms with E-state index in [0.29, 0.717) is 11.6 Å². The first kappa shape index (κ1) is 20.8. The number of aromatic nitrogens is 4. The third kappa shape index (κ3) is 4.84. The van der Waals surface area contributed by atoms with Gasteiger partial charge >= 0.3 is 0 Å². The molecule has 0 saturated heterocycles. The van der Waals surface area contributed by atoms with Gasteiger partial charge in [0, 0.05) is 19.0 Å². The van der Waals surface area contributed by atoms with Gasteiger partial charge in [-0.15, -0.1) is 28.8 Å². The zero-order valence-corrected chi connectivity index (χ0v) is 18.2. The van der Waals surface area contributed by atoms with Crippen molar-refractivity contribution in [2.24, 2.45) is 0 Å². The van der Waals surface area contributed by atoms with Gasteiger partial charge < -0.3 is 10.6 Å². The highest BCUT2D eigenvalue weighted by Crippen LogP contribution is 2.32. The molecule has 4 aromatic rings. The molecule has 2 aromatic carbocycles. The molecule has 0 bridgehead atoms. The van der Waals surface area contributed by atoms with Crippen LogP contribution in [0.15, 0.2) is 46.8 Å². The standard InChI is InChI=1S/C21H18N6O2S2/c1-3-6-17(22-13(2)28)20(29)23-14-9-10-16-19(11-14)31-21(24-16)30-12-27-18-8-5-4-7-15(18)25-26-27/h1,4-5,7-11,17H,6,12H2,2H3,(H,22,28)(H,23,29). The van der Waals surface area contributed by atoms with Crippen LogP contribution in [-0.4, -0.2) is 37.8 Å². The summed E-state index contributed by atoms with van der Waals surface area (Å²) in [6.45, 7) is 1.35. The average Bonchev–Trinajstić information content (AvgIpc) is 3.34. The molecule has 156 valence electrons. The number of amides is 2. The third-order valence-corrected chi connectivity index (χ3v) is 6.51. The second kappa shape index (κ2) is 9.16. The highest BCUT2D eigenvalue weighted by Gasteiger charge is 2.19. The normalized spacial score (nSPS) is 11.9. The molecule has 1 atom stereocenters. The number of para-hydroxylation sites is 1. The number of benzene rings is 2. The minimum absolute atomic E-state index is 0.117. The van der Waals surface area contributed by atoms with Gasteiger partial charge in [-0.1, -0.05) is 29.1 Å². The lowest BCUT2D eigenvalue weighted by atomic mass is 10.2. The number of anilines is 1. The second-order valence-electron chi connectivity index (χ2n) is 6.66. The van der Waals surface area contributed by atoms with E-state index in [4.69, 9.17) is 6.42 Å². The molecule has 0 saturated carbocycles. The summed E-state index contributed by atoms with van der Waals surface area (Å²) in [6, 6.07) is 12.5. The maximum Gasteiger partial charge on any atom is 0.247 e. The summed E-state index contributed by atoms with van der Waals surface area (Å²) in [5.74, 6) is 2.34. The molecule has 0 fully saturated rings. The molecular weight excluding hydrogens is 432 g/mol. The Bertz CT molecular complexity index is 1310. The molecule has 2 N–H and O–H groups in total. The van der Waals surface area contributed by atoms with E-state index >= 15 is 0 Å². The van der Waals surface area contributed by atoms with Gasteiger partial charge in [0.25, 0.3) is 0 Å². The first-order chi connectivity index (χ1) is 15.0. The predicted molar refractivity (Wildman–Crippen MR) is 123 cm³/mol. The number of terminal acetylenes is 1. The summed E-state index contributed by atoms with van der Waals surface area (Å²) in [6.07, 6.45) is 5.42. The van der Waals surface area contributed by atoms with Crippen molar-refractivity contribution >= 4 is 61.9 Å². The van der Waals surface area contributed by atoms with E-state index in [1.165, 1.54) is 18.3 Å². The van der Waals surface area contributed by atoms with Crippen LogP contribution in [0.25, 0.3) is 21.3 Å². The van der Waals surface area contributed by atoms with E-state index in [1.807, 2.05) is 41.1 Å². The summed E-state index contributed by atoms with van der Waals surface area (Å²) < 4.78 is 3.67. The van der Waals surface area contributed by atoms with Crippen molar-refractivity contribution in [1.29, 1.82) is 0 Å². The van der Waals surface area contributed by atoms with Gasteiger partial charge in [-0.3, -0.25) is 9.59 Å². The Hall–Kier alpha value is -3.42. The molecule has 0 aliphatic rings. The van der Waals surface area contributed by atoms with Crippen LogP contribution in [0.1, 0.15) is 13.3 Å². The highest BCUT2D eigenvalue weighted by molar-refractivity contribution is 8.00. The number of fused-ring (bicyclic) bond motifs is 2. The average molecular weight is 451 g/mol. The monoisotopic (exact) mass is 450 g/mol. The number of carbonyl (C=O) groups excluding carboxylic acids is 2. The molecule has 0 spiro atoms. The van der Waals surface area contributed by atoms with E-state index in [2.05, 4.69) is 31.9 Å². The van der Waals surface area contributed by atoms with Crippen LogP contribution in [-0.2, 0) is 15.5 Å². The number of thiazole rings is 1. The van der Waals surface area contributed by atoms with E-state index in [-0.39, 0.29) is 18.2 Å². The number of thioether (sulfide) groups is 1. The third-order valence-electron chi connectivity index (χ3n) is 4.38. The van der Waals surface area contributed by atoms with Crippen LogP contribution >= 0.6 is 23.1 Å². The first-order valence-electron chi connectivity index (χ1n) is 9.36. The van der Waals surface area contributed by atoms with E-state index < -0.39 is 6.04 Å². The zero-order chi connectivity index (χ0) is 21.8. The van der Waals surface area contributed by atoms with E-state index in [9.17, 15) is 9.59 Å². The number of hydrogen-bond acceptors (Lipinski definition) is 7. The van der Waals surface area contributed by atoms with Gasteiger partial charge in [0.15, 0.2) is 4.34 Å². The Kier molecular flexibility index (Phi) is 6.16. The highest BCUT2D eigenvalue weighted by atomic mass is 32.2. The van der Waals surface area contributed by atoms with Crippen LogP contribution in [0.2, 0.25) is 0 Å². The van der Waals surface area contributed by atoms with Gasteiger partial charge in [0.1, 0.15) is 11.6 Å². The van der Waals surface area contributed by atoms with Crippen LogP contribution < -0.4 is 10.6 Å². The quantitative estimate of drug-likeness (QED) is 0.331. The fourth-order valence-corrected chi connectivity index (χ4v) is 4.96. The van der Waals surface area contributed by atoms with Crippen molar-refractivity contribution in [2.75, 3.05) is 5.32 Å². The largest absolute Gasteiger partial charge is 0.344 e. The minimum atomic E-state index is -0.775. The van der Waals surface area contributed by atoms with Gasteiger partial charge in [-0.25, -0.2) is 9.67 Å². The molecule has 2 heterocycles. The lowest BCUT2D eigenvalue weighted by Crippen LogP contribution is -2.42. The SMILES string of the molecule is C#CCC(NC(C)=O)C(=O)Nc1ccc2nc(SCn3nnc4ccccc43)sc2c1. The van der Waals surface area contributed by atoms with Gasteiger partial charge in [0.2, 0.25) is 11.8 Å². The maximum absolute atomic E-state index is 12.5. The van der Waals surface area contributed by atoms with E-state index in [1.54, 1.807) is 17.8 Å². The summed E-state index contributed by atoms with van der Waals surface area (Å²) >= 11 is 3.10. The number of nitrogens with zero attached hydrogens (tertiary/aromatic N) is 4. The molecule has 4 rings (SSSR count). The first-order valence-corrected chi connectivity index (χ1v) is 11.2. The van der Waals surface area contributed by atoms with Crippen LogP contribution in [0.3, 0.4) is 0 Å². The fourth-order valence-electron chi connectivity index (χ4n) is 2.97. The van der Waals surface area contributed by atoms with Crippen molar-refractivity contribution in [3.63, 3.8) is 0 Å². The molecule has 0 aliphatic heterocycles. The summed E-state index contributed by atoms with van der Waals surface area (Å²) in [5, 5.41) is 13.7. The topological polar surface area (TPSA) is 102 Å². The Labute approximate surface area is 186 Å². The van der Waals surface area contributed by atoms with Gasteiger partial charge in [0.05, 0.1) is 21.6 Å². The predicted octanol–water partition coefficient (Wildman–Crippen LogP) is 3.26. The molecule has 2 aromatic heterocycles. The molecular formula is C21H18N6O2S2. The number of carbonyl (C=O) groups is 2. The van der Waals surface area contributed by atoms with Crippen LogP contribution in [0, 0.1) is 12.3 Å².